The van der Waals surface area contributed by atoms with Crippen LogP contribution in [-0.2, 0) is 4.79 Å². The number of carbonyl (C=O) groups is 1. The van der Waals surface area contributed by atoms with Gasteiger partial charge >= 0.3 is 0 Å². The molecule has 0 saturated heterocycles. The molecule has 358 valence electrons. The Labute approximate surface area is 380 Å². The van der Waals surface area contributed by atoms with Crippen LogP contribution in [0.15, 0.2) is 48.6 Å². The lowest BCUT2D eigenvalue weighted by Gasteiger charge is -2.20. The van der Waals surface area contributed by atoms with Crippen LogP contribution in [0.25, 0.3) is 0 Å². The first-order valence-electron chi connectivity index (χ1n) is 26.9. The van der Waals surface area contributed by atoms with Gasteiger partial charge in [0.05, 0.1) is 31.3 Å². The monoisotopic (exact) mass is 856 g/mol. The van der Waals surface area contributed by atoms with Crippen LogP contribution < -0.4 is 5.32 Å². The Morgan fingerprint density at radius 2 is 0.705 bits per heavy atom. The van der Waals surface area contributed by atoms with Gasteiger partial charge in [0.1, 0.15) is 0 Å². The van der Waals surface area contributed by atoms with E-state index < -0.39 is 18.2 Å². The second-order valence-corrected chi connectivity index (χ2v) is 18.5. The van der Waals surface area contributed by atoms with Gasteiger partial charge in [-0.2, -0.15) is 0 Å². The van der Waals surface area contributed by atoms with E-state index in [0.29, 0.717) is 6.42 Å². The molecule has 0 heterocycles. The quantitative estimate of drug-likeness (QED) is 0.0362. The summed E-state index contributed by atoms with van der Waals surface area (Å²) in [6.45, 7) is 4.22. The average molecular weight is 856 g/mol. The predicted molar refractivity (Wildman–Crippen MR) is 268 cm³/mol. The van der Waals surface area contributed by atoms with Gasteiger partial charge in [-0.05, 0) is 70.6 Å². The van der Waals surface area contributed by atoms with Crippen molar-refractivity contribution in [2.45, 2.75) is 295 Å². The summed E-state index contributed by atoms with van der Waals surface area (Å²) in [5.41, 5.74) is 0. The molecule has 3 atom stereocenters. The van der Waals surface area contributed by atoms with Crippen molar-refractivity contribution in [3.8, 4) is 0 Å². The predicted octanol–water partition coefficient (Wildman–Crippen LogP) is 16.4. The Kier molecular flexibility index (Phi) is 49.5. The number of hydrogen-bond acceptors (Lipinski definition) is 4. The van der Waals surface area contributed by atoms with E-state index in [0.717, 1.165) is 51.4 Å². The fourth-order valence-corrected chi connectivity index (χ4v) is 8.19. The van der Waals surface area contributed by atoms with Gasteiger partial charge in [0, 0.05) is 0 Å². The van der Waals surface area contributed by atoms with E-state index in [1.807, 2.05) is 6.08 Å². The number of carbonyl (C=O) groups excluding carboxylic acids is 1. The summed E-state index contributed by atoms with van der Waals surface area (Å²) >= 11 is 0. The van der Waals surface area contributed by atoms with E-state index >= 15 is 0 Å². The molecule has 0 rings (SSSR count). The SMILES string of the molecule is CCCCCCCCCCCCCC/C=C\CCCCCCCC(O)CC(=O)NC(CO)C(O)/C=C/CC/C=C/CC/C=C/CCCCCCCCCCCCCCCCC. The van der Waals surface area contributed by atoms with Gasteiger partial charge in [0.2, 0.25) is 5.91 Å². The maximum atomic E-state index is 12.5. The summed E-state index contributed by atoms with van der Waals surface area (Å²) in [6, 6.07) is -0.772. The van der Waals surface area contributed by atoms with Crippen molar-refractivity contribution in [1.82, 2.24) is 5.32 Å². The maximum Gasteiger partial charge on any atom is 0.222 e. The van der Waals surface area contributed by atoms with E-state index in [1.165, 1.54) is 199 Å². The number of aliphatic hydroxyl groups excluding tert-OH is 3. The zero-order chi connectivity index (χ0) is 44.4. The lowest BCUT2D eigenvalue weighted by Crippen LogP contribution is -2.45. The van der Waals surface area contributed by atoms with Crippen molar-refractivity contribution < 1.29 is 20.1 Å². The second-order valence-electron chi connectivity index (χ2n) is 18.5. The molecule has 5 nitrogen and oxygen atoms in total. The Balaban J connectivity index is 3.67. The highest BCUT2D eigenvalue weighted by molar-refractivity contribution is 5.76. The Morgan fingerprint density at radius 3 is 1.05 bits per heavy atom. The van der Waals surface area contributed by atoms with Crippen LogP contribution in [0.1, 0.15) is 277 Å². The van der Waals surface area contributed by atoms with Crippen LogP contribution in [-0.4, -0.2) is 46.1 Å². The number of allylic oxidation sites excluding steroid dienone is 7. The van der Waals surface area contributed by atoms with E-state index in [4.69, 9.17) is 0 Å². The van der Waals surface area contributed by atoms with Gasteiger partial charge < -0.3 is 20.6 Å². The summed E-state index contributed by atoms with van der Waals surface area (Å²) in [6.07, 6.45) is 67.2. The number of nitrogens with one attached hydrogen (secondary N) is 1. The van der Waals surface area contributed by atoms with Gasteiger partial charge in [-0.25, -0.2) is 0 Å². The largest absolute Gasteiger partial charge is 0.394 e. The third-order valence-corrected chi connectivity index (χ3v) is 12.3. The molecule has 1 amide bonds. The molecular formula is C56H105NO4. The fourth-order valence-electron chi connectivity index (χ4n) is 8.19. The van der Waals surface area contributed by atoms with Crippen LogP contribution in [0.2, 0.25) is 0 Å². The molecule has 4 N–H and O–H groups in total. The standard InChI is InChI=1S/C56H105NO4/c1-3-5-7-9-11-13-15-17-19-21-23-25-26-27-28-30-32-34-36-38-40-42-44-46-48-50-55(60)54(52-58)57-56(61)51-53(59)49-47-45-43-41-39-37-35-33-31-29-24-22-20-18-16-14-12-10-8-6-4-2/h32-35,40,42,48,50,53-55,58-60H,3-31,36-39,41,43-47,49,51-52H2,1-2H3,(H,57,61)/b34-32+,35-33-,42-40+,50-48+. The molecule has 0 saturated carbocycles. The van der Waals surface area contributed by atoms with Crippen molar-refractivity contribution in [2.75, 3.05) is 6.61 Å². The van der Waals surface area contributed by atoms with Crippen LogP contribution in [0.5, 0.6) is 0 Å². The summed E-state index contributed by atoms with van der Waals surface area (Å²) in [5, 5.41) is 33.4. The molecular weight excluding hydrogens is 751 g/mol. The van der Waals surface area contributed by atoms with E-state index in [1.54, 1.807) is 6.08 Å². The summed E-state index contributed by atoms with van der Waals surface area (Å²) in [4.78, 5) is 12.5. The summed E-state index contributed by atoms with van der Waals surface area (Å²) in [7, 11) is 0. The number of rotatable bonds is 49. The molecule has 0 aliphatic rings. The van der Waals surface area contributed by atoms with Gasteiger partial charge in [0.25, 0.3) is 0 Å². The van der Waals surface area contributed by atoms with E-state index in [2.05, 4.69) is 55.6 Å². The molecule has 0 bridgehead atoms. The first kappa shape index (κ1) is 59.3. The minimum absolute atomic E-state index is 0.00356. The van der Waals surface area contributed by atoms with Gasteiger partial charge in [0.15, 0.2) is 0 Å². The Morgan fingerprint density at radius 1 is 0.410 bits per heavy atom. The Bertz CT molecular complexity index is 989. The first-order valence-corrected chi connectivity index (χ1v) is 26.9. The van der Waals surface area contributed by atoms with Crippen molar-refractivity contribution in [3.05, 3.63) is 48.6 Å². The Hall–Kier alpha value is -1.69. The molecule has 0 spiro atoms. The van der Waals surface area contributed by atoms with Crippen molar-refractivity contribution in [2.24, 2.45) is 0 Å². The van der Waals surface area contributed by atoms with Crippen LogP contribution in [0.4, 0.5) is 0 Å². The number of unbranched alkanes of at least 4 members (excludes halogenated alkanes) is 34. The molecule has 61 heavy (non-hydrogen) atoms. The minimum atomic E-state index is -0.964. The molecule has 0 aliphatic carbocycles. The van der Waals surface area contributed by atoms with Crippen LogP contribution in [0, 0.1) is 0 Å². The third kappa shape index (κ3) is 47.6. The molecule has 0 aromatic rings. The maximum absolute atomic E-state index is 12.5. The van der Waals surface area contributed by atoms with Gasteiger partial charge in [-0.1, -0.05) is 249 Å². The normalized spacial score (nSPS) is 13.7. The zero-order valence-corrected chi connectivity index (χ0v) is 40.8. The smallest absolute Gasteiger partial charge is 0.222 e. The van der Waals surface area contributed by atoms with Crippen LogP contribution >= 0.6 is 0 Å². The van der Waals surface area contributed by atoms with Gasteiger partial charge in [-0.3, -0.25) is 4.79 Å². The van der Waals surface area contributed by atoms with E-state index in [9.17, 15) is 20.1 Å². The fraction of sp³-hybridized carbons (Fsp3) is 0.839. The minimum Gasteiger partial charge on any atom is -0.394 e. The van der Waals surface area contributed by atoms with Crippen molar-refractivity contribution in [3.63, 3.8) is 0 Å². The molecule has 0 aromatic carbocycles. The molecule has 3 unspecified atom stereocenters. The molecule has 0 fully saturated rings. The summed E-state index contributed by atoms with van der Waals surface area (Å²) in [5.74, 6) is -0.332. The van der Waals surface area contributed by atoms with E-state index in [-0.39, 0.29) is 18.9 Å². The zero-order valence-electron chi connectivity index (χ0n) is 40.8. The molecule has 0 aliphatic heterocycles. The first-order chi connectivity index (χ1) is 30.0. The lowest BCUT2D eigenvalue weighted by atomic mass is 10.0. The number of amides is 1. The highest BCUT2D eigenvalue weighted by Crippen LogP contribution is 2.16. The lowest BCUT2D eigenvalue weighted by molar-refractivity contribution is -0.124. The third-order valence-electron chi connectivity index (χ3n) is 12.3. The van der Waals surface area contributed by atoms with Crippen molar-refractivity contribution >= 4 is 5.91 Å². The molecule has 5 heteroatoms. The highest BCUT2D eigenvalue weighted by atomic mass is 16.3. The van der Waals surface area contributed by atoms with Crippen LogP contribution in [0.3, 0.4) is 0 Å². The van der Waals surface area contributed by atoms with Gasteiger partial charge in [-0.15, -0.1) is 0 Å². The summed E-state index contributed by atoms with van der Waals surface area (Å²) < 4.78 is 0. The number of hydrogen-bond donors (Lipinski definition) is 4. The number of aliphatic hydroxyl groups is 3. The van der Waals surface area contributed by atoms with Crippen molar-refractivity contribution in [1.29, 1.82) is 0 Å². The second kappa shape index (κ2) is 50.9. The molecule has 0 aromatic heterocycles. The highest BCUT2D eigenvalue weighted by Gasteiger charge is 2.20. The topological polar surface area (TPSA) is 89.8 Å². The molecule has 0 radical (unpaired) electrons. The average Bonchev–Trinajstić information content (AvgIpc) is 3.25.